The second kappa shape index (κ2) is 9.26. The van der Waals surface area contributed by atoms with Crippen LogP contribution in [0.15, 0.2) is 85.1 Å². The van der Waals surface area contributed by atoms with Crippen LogP contribution in [0.1, 0.15) is 16.7 Å². The Kier molecular flexibility index (Phi) is 5.68. The fourth-order valence-electron chi connectivity index (χ4n) is 4.64. The van der Waals surface area contributed by atoms with E-state index < -0.39 is 0 Å². The van der Waals surface area contributed by atoms with E-state index in [-0.39, 0.29) is 0 Å². The average Bonchev–Trinajstić information content (AvgIpc) is 3.26. The Morgan fingerprint density at radius 2 is 1.56 bits per heavy atom. The van der Waals surface area contributed by atoms with Crippen LogP contribution >= 0.6 is 0 Å². The van der Waals surface area contributed by atoms with E-state index in [1.54, 1.807) is 0 Å². The van der Waals surface area contributed by atoms with Crippen LogP contribution in [0.3, 0.4) is 0 Å². The fourth-order valence-corrected chi connectivity index (χ4v) is 4.64. The van der Waals surface area contributed by atoms with Crippen LogP contribution in [-0.4, -0.2) is 41.2 Å². The predicted molar refractivity (Wildman–Crippen MR) is 141 cm³/mol. The Labute approximate surface area is 199 Å². The summed E-state index contributed by atoms with van der Waals surface area (Å²) in [4.78, 5) is 10.6. The molecule has 0 atom stereocenters. The first-order chi connectivity index (χ1) is 16.8. The molecule has 1 aliphatic rings. The molecule has 5 aromatic rings. The zero-order valence-corrected chi connectivity index (χ0v) is 19.1. The average molecular weight is 446 g/mol. The quantitative estimate of drug-likeness (QED) is 0.341. The first-order valence-corrected chi connectivity index (χ1v) is 11.9. The summed E-state index contributed by atoms with van der Waals surface area (Å²) in [5.74, 6) is 0. The molecule has 168 valence electrons. The lowest BCUT2D eigenvalue weighted by atomic mass is 10.0. The van der Waals surface area contributed by atoms with Crippen molar-refractivity contribution < 1.29 is 4.74 Å². The molecule has 0 radical (unpaired) electrons. The Morgan fingerprint density at radius 3 is 2.38 bits per heavy atom. The lowest BCUT2D eigenvalue weighted by Crippen LogP contribution is -2.35. The van der Waals surface area contributed by atoms with Crippen molar-refractivity contribution in [2.75, 3.05) is 26.3 Å². The van der Waals surface area contributed by atoms with Crippen molar-refractivity contribution in [2.45, 2.75) is 6.54 Å². The van der Waals surface area contributed by atoms with Crippen LogP contribution in [0.5, 0.6) is 0 Å². The first kappa shape index (κ1) is 20.8. The summed E-state index contributed by atoms with van der Waals surface area (Å²) in [6.45, 7) is 4.67. The van der Waals surface area contributed by atoms with Gasteiger partial charge >= 0.3 is 0 Å². The summed E-state index contributed by atoms with van der Waals surface area (Å²) >= 11 is 0. The maximum atomic E-state index is 5.46. The van der Waals surface area contributed by atoms with Gasteiger partial charge in [0.05, 0.1) is 13.2 Å². The highest BCUT2D eigenvalue weighted by molar-refractivity contribution is 6.07. The van der Waals surface area contributed by atoms with Crippen LogP contribution in [0, 0.1) is 0 Å². The molecule has 0 unspecified atom stereocenters. The van der Waals surface area contributed by atoms with Gasteiger partial charge in [0.1, 0.15) is 5.65 Å². The van der Waals surface area contributed by atoms with Gasteiger partial charge in [0.25, 0.3) is 0 Å². The van der Waals surface area contributed by atoms with E-state index in [0.29, 0.717) is 0 Å². The van der Waals surface area contributed by atoms with Crippen molar-refractivity contribution in [3.05, 3.63) is 102 Å². The van der Waals surface area contributed by atoms with E-state index in [1.165, 1.54) is 27.6 Å². The van der Waals surface area contributed by atoms with Gasteiger partial charge in [-0.1, -0.05) is 72.8 Å². The van der Waals surface area contributed by atoms with Crippen molar-refractivity contribution in [3.63, 3.8) is 0 Å². The molecule has 1 saturated heterocycles. The van der Waals surface area contributed by atoms with Gasteiger partial charge in [-0.2, -0.15) is 0 Å². The van der Waals surface area contributed by atoms with E-state index in [2.05, 4.69) is 99.8 Å². The topological polar surface area (TPSA) is 41.2 Å². The Morgan fingerprint density at radius 1 is 0.794 bits per heavy atom. The molecule has 34 heavy (non-hydrogen) atoms. The van der Waals surface area contributed by atoms with Crippen LogP contribution in [0.4, 0.5) is 0 Å². The number of benzene rings is 3. The van der Waals surface area contributed by atoms with Gasteiger partial charge in [-0.25, -0.2) is 4.98 Å². The number of ether oxygens (including phenoxy) is 1. The van der Waals surface area contributed by atoms with Gasteiger partial charge in [0, 0.05) is 42.1 Å². The number of nitrogens with one attached hydrogen (secondary N) is 1. The monoisotopic (exact) mass is 445 g/mol. The van der Waals surface area contributed by atoms with Gasteiger partial charge < -0.3 is 9.72 Å². The number of morpholine rings is 1. The van der Waals surface area contributed by atoms with Gasteiger partial charge in [-0.3, -0.25) is 4.90 Å². The Bertz CT molecular complexity index is 1450. The summed E-state index contributed by atoms with van der Waals surface area (Å²) in [6, 6.07) is 28.2. The lowest BCUT2D eigenvalue weighted by Gasteiger charge is -2.26. The molecule has 3 heterocycles. The van der Waals surface area contributed by atoms with E-state index >= 15 is 0 Å². The maximum Gasteiger partial charge on any atom is 0.138 e. The molecule has 0 saturated carbocycles. The normalized spacial score (nSPS) is 14.9. The molecule has 4 heteroatoms. The molecular weight excluding hydrogens is 418 g/mol. The van der Waals surface area contributed by atoms with Gasteiger partial charge in [0.15, 0.2) is 0 Å². The molecule has 0 aliphatic carbocycles. The van der Waals surface area contributed by atoms with E-state index in [4.69, 9.17) is 4.74 Å². The zero-order chi connectivity index (χ0) is 22.7. The number of nitrogens with zero attached hydrogens (tertiary/aromatic N) is 2. The minimum Gasteiger partial charge on any atom is -0.379 e. The smallest absolute Gasteiger partial charge is 0.138 e. The molecule has 6 rings (SSSR count). The van der Waals surface area contributed by atoms with Crippen molar-refractivity contribution >= 4 is 34.1 Å². The third-order valence-corrected chi connectivity index (χ3v) is 6.54. The first-order valence-electron chi connectivity index (χ1n) is 11.9. The number of hydrogen-bond acceptors (Lipinski definition) is 3. The number of aromatic nitrogens is 2. The van der Waals surface area contributed by atoms with Crippen molar-refractivity contribution in [3.8, 4) is 11.1 Å². The number of rotatable bonds is 5. The second-order valence-corrected chi connectivity index (χ2v) is 8.88. The summed E-state index contributed by atoms with van der Waals surface area (Å²) < 4.78 is 5.46. The van der Waals surface area contributed by atoms with Gasteiger partial charge in [0.2, 0.25) is 0 Å². The fraction of sp³-hybridized carbons (Fsp3) is 0.167. The minimum absolute atomic E-state index is 0.835. The Hall–Kier alpha value is -3.73. The molecule has 2 aromatic heterocycles. The standard InChI is InChI=1S/C30H27N3O/c1-2-4-22(5-3-1)6-7-24-18-28-27-19-26(12-13-29(27)32-30(28)31-20-24)25-10-8-23(9-11-25)21-33-14-16-34-17-15-33/h1-13,18-20H,14-17,21H2,(H,31,32)/b7-6+. The van der Waals surface area contributed by atoms with Gasteiger partial charge in [-0.05, 0) is 46.0 Å². The third-order valence-electron chi connectivity index (χ3n) is 6.54. The number of pyridine rings is 1. The number of fused-ring (bicyclic) bond motifs is 3. The van der Waals surface area contributed by atoms with E-state index in [0.717, 1.165) is 55.0 Å². The van der Waals surface area contributed by atoms with E-state index in [9.17, 15) is 0 Å². The number of hydrogen-bond donors (Lipinski definition) is 1. The molecule has 0 bridgehead atoms. The summed E-state index contributed by atoms with van der Waals surface area (Å²) in [5, 5.41) is 2.35. The molecular formula is C30H27N3O. The lowest BCUT2D eigenvalue weighted by molar-refractivity contribution is 0.0342. The molecule has 1 aliphatic heterocycles. The molecule has 0 spiro atoms. The highest BCUT2D eigenvalue weighted by atomic mass is 16.5. The highest BCUT2D eigenvalue weighted by Crippen LogP contribution is 2.30. The molecule has 1 fully saturated rings. The summed E-state index contributed by atoms with van der Waals surface area (Å²) in [7, 11) is 0. The number of H-pyrrole nitrogens is 1. The third kappa shape index (κ3) is 4.38. The maximum absolute atomic E-state index is 5.46. The van der Waals surface area contributed by atoms with E-state index in [1.807, 2.05) is 12.3 Å². The van der Waals surface area contributed by atoms with Crippen molar-refractivity contribution in [1.82, 2.24) is 14.9 Å². The van der Waals surface area contributed by atoms with Crippen LogP contribution in [0.2, 0.25) is 0 Å². The van der Waals surface area contributed by atoms with Crippen LogP contribution < -0.4 is 0 Å². The highest BCUT2D eigenvalue weighted by Gasteiger charge is 2.11. The van der Waals surface area contributed by atoms with Gasteiger partial charge in [-0.15, -0.1) is 0 Å². The SMILES string of the molecule is C(=C\c1cnc2[nH]c3ccc(-c4ccc(CN5CCOCC5)cc4)cc3c2c1)/c1ccccc1. The van der Waals surface area contributed by atoms with Crippen LogP contribution in [0.25, 0.3) is 45.2 Å². The minimum atomic E-state index is 0.835. The van der Waals surface area contributed by atoms with Crippen molar-refractivity contribution in [1.29, 1.82) is 0 Å². The predicted octanol–water partition coefficient (Wildman–Crippen LogP) is 6.39. The van der Waals surface area contributed by atoms with Crippen molar-refractivity contribution in [2.24, 2.45) is 0 Å². The summed E-state index contributed by atoms with van der Waals surface area (Å²) in [5.41, 5.74) is 8.10. The van der Waals surface area contributed by atoms with Crippen LogP contribution in [-0.2, 0) is 11.3 Å². The Balaban J connectivity index is 1.28. The molecule has 4 nitrogen and oxygen atoms in total. The zero-order valence-electron chi connectivity index (χ0n) is 19.1. The molecule has 0 amide bonds. The second-order valence-electron chi connectivity index (χ2n) is 8.88. The molecule has 1 N–H and O–H groups in total. The largest absolute Gasteiger partial charge is 0.379 e. The number of aromatic amines is 1. The summed E-state index contributed by atoms with van der Waals surface area (Å²) in [6.07, 6.45) is 6.17. The molecule has 3 aromatic carbocycles.